The number of hydrogen-bond donors (Lipinski definition) is 1. The van der Waals surface area contributed by atoms with Gasteiger partial charge in [-0.2, -0.15) is 0 Å². The van der Waals surface area contributed by atoms with E-state index in [-0.39, 0.29) is 6.04 Å². The molecule has 3 heteroatoms. The number of piperidine rings is 1. The molecule has 1 atom stereocenters. The zero-order chi connectivity index (χ0) is 13.1. The van der Waals surface area contributed by atoms with Crippen LogP contribution in [0.15, 0.2) is 18.2 Å². The van der Waals surface area contributed by atoms with E-state index in [0.29, 0.717) is 4.99 Å². The van der Waals surface area contributed by atoms with E-state index in [9.17, 15) is 0 Å². The largest absolute Gasteiger partial charge is 0.392 e. The van der Waals surface area contributed by atoms with Gasteiger partial charge in [0.2, 0.25) is 0 Å². The molecule has 0 aliphatic carbocycles. The minimum Gasteiger partial charge on any atom is -0.392 e. The summed E-state index contributed by atoms with van der Waals surface area (Å²) in [5.41, 5.74) is 10.0. The van der Waals surface area contributed by atoms with Crippen LogP contribution in [0.4, 0.5) is 0 Å². The first-order chi connectivity index (χ1) is 8.59. The molecule has 2 nitrogen and oxygen atoms in total. The molecular weight excluding hydrogens is 240 g/mol. The number of rotatable bonds is 3. The molecule has 1 aliphatic heterocycles. The Kier molecular flexibility index (Phi) is 4.36. The Morgan fingerprint density at radius 2 is 2.00 bits per heavy atom. The molecule has 1 saturated heterocycles. The standard InChI is InChI=1S/C15H22N2S/c1-11-6-5-7-12(2)13(11)10-17-9-4-3-8-14(17)15(16)18/h5-7,14H,3-4,8-10H2,1-2H3,(H2,16,18). The Bertz CT molecular complexity index is 422. The van der Waals surface area contributed by atoms with Gasteiger partial charge in [-0.3, -0.25) is 4.90 Å². The van der Waals surface area contributed by atoms with Crippen molar-refractivity contribution < 1.29 is 0 Å². The lowest BCUT2D eigenvalue weighted by molar-refractivity contribution is 0.184. The molecule has 1 aromatic carbocycles. The number of nitrogens with zero attached hydrogens (tertiary/aromatic N) is 1. The van der Waals surface area contributed by atoms with Crippen molar-refractivity contribution in [3.63, 3.8) is 0 Å². The van der Waals surface area contributed by atoms with E-state index >= 15 is 0 Å². The number of likely N-dealkylation sites (tertiary alicyclic amines) is 1. The normalized spacial score (nSPS) is 20.9. The van der Waals surface area contributed by atoms with Gasteiger partial charge in [0, 0.05) is 6.54 Å². The van der Waals surface area contributed by atoms with Crippen molar-refractivity contribution in [1.82, 2.24) is 4.90 Å². The monoisotopic (exact) mass is 262 g/mol. The molecule has 0 spiro atoms. The Hall–Kier alpha value is -0.930. The highest BCUT2D eigenvalue weighted by atomic mass is 32.1. The van der Waals surface area contributed by atoms with E-state index in [1.165, 1.54) is 29.5 Å². The van der Waals surface area contributed by atoms with E-state index in [1.807, 2.05) is 0 Å². The van der Waals surface area contributed by atoms with Crippen LogP contribution in [0, 0.1) is 13.8 Å². The quantitative estimate of drug-likeness (QED) is 0.849. The Morgan fingerprint density at radius 3 is 2.61 bits per heavy atom. The van der Waals surface area contributed by atoms with Gasteiger partial charge in [-0.1, -0.05) is 36.8 Å². The first-order valence-electron chi connectivity index (χ1n) is 6.68. The molecule has 0 radical (unpaired) electrons. The van der Waals surface area contributed by atoms with Crippen LogP contribution in [-0.4, -0.2) is 22.5 Å². The van der Waals surface area contributed by atoms with Gasteiger partial charge in [0.05, 0.1) is 11.0 Å². The summed E-state index contributed by atoms with van der Waals surface area (Å²) in [5, 5.41) is 0. The number of hydrogen-bond acceptors (Lipinski definition) is 2. The van der Waals surface area contributed by atoms with Gasteiger partial charge in [0.15, 0.2) is 0 Å². The van der Waals surface area contributed by atoms with Crippen molar-refractivity contribution in [3.05, 3.63) is 34.9 Å². The van der Waals surface area contributed by atoms with E-state index in [0.717, 1.165) is 19.5 Å². The zero-order valence-corrected chi connectivity index (χ0v) is 12.1. The van der Waals surface area contributed by atoms with Crippen molar-refractivity contribution >= 4 is 17.2 Å². The fourth-order valence-corrected chi connectivity index (χ4v) is 3.07. The molecule has 1 aromatic rings. The molecule has 1 aliphatic rings. The average molecular weight is 262 g/mol. The third kappa shape index (κ3) is 2.90. The van der Waals surface area contributed by atoms with Gasteiger partial charge in [0.25, 0.3) is 0 Å². The van der Waals surface area contributed by atoms with Gasteiger partial charge in [-0.05, 0) is 49.9 Å². The van der Waals surface area contributed by atoms with Crippen LogP contribution in [0.5, 0.6) is 0 Å². The molecule has 1 heterocycles. The second-order valence-electron chi connectivity index (χ2n) is 5.25. The lowest BCUT2D eigenvalue weighted by Crippen LogP contribution is -2.46. The highest BCUT2D eigenvalue weighted by Crippen LogP contribution is 2.23. The van der Waals surface area contributed by atoms with Gasteiger partial charge in [-0.15, -0.1) is 0 Å². The molecule has 0 aromatic heterocycles. The first-order valence-corrected chi connectivity index (χ1v) is 7.09. The Morgan fingerprint density at radius 1 is 1.33 bits per heavy atom. The molecule has 98 valence electrons. The molecule has 2 rings (SSSR count). The van der Waals surface area contributed by atoms with E-state index in [4.69, 9.17) is 18.0 Å². The zero-order valence-electron chi connectivity index (χ0n) is 11.3. The fraction of sp³-hybridized carbons (Fsp3) is 0.533. The van der Waals surface area contributed by atoms with Crippen molar-refractivity contribution in [3.8, 4) is 0 Å². The highest BCUT2D eigenvalue weighted by Gasteiger charge is 2.25. The Balaban J connectivity index is 2.18. The molecule has 0 amide bonds. The number of thiocarbonyl (C=S) groups is 1. The second-order valence-corrected chi connectivity index (χ2v) is 5.73. The molecule has 18 heavy (non-hydrogen) atoms. The number of nitrogens with two attached hydrogens (primary N) is 1. The molecule has 0 saturated carbocycles. The van der Waals surface area contributed by atoms with E-state index in [2.05, 4.69) is 36.9 Å². The number of benzene rings is 1. The second kappa shape index (κ2) is 5.81. The third-order valence-electron chi connectivity index (χ3n) is 3.95. The highest BCUT2D eigenvalue weighted by molar-refractivity contribution is 7.80. The van der Waals surface area contributed by atoms with Crippen LogP contribution in [0.25, 0.3) is 0 Å². The summed E-state index contributed by atoms with van der Waals surface area (Å²) in [6.07, 6.45) is 3.61. The van der Waals surface area contributed by atoms with E-state index in [1.54, 1.807) is 0 Å². The SMILES string of the molecule is Cc1cccc(C)c1CN1CCCCC1C(N)=S. The minimum absolute atomic E-state index is 0.285. The van der Waals surface area contributed by atoms with Crippen molar-refractivity contribution in [1.29, 1.82) is 0 Å². The van der Waals surface area contributed by atoms with Gasteiger partial charge >= 0.3 is 0 Å². The fourth-order valence-electron chi connectivity index (χ4n) is 2.80. The maximum atomic E-state index is 5.88. The molecule has 1 unspecified atom stereocenters. The predicted molar refractivity (Wildman–Crippen MR) is 80.8 cm³/mol. The molecule has 1 fully saturated rings. The molecule has 2 N–H and O–H groups in total. The lowest BCUT2D eigenvalue weighted by atomic mass is 9.98. The summed E-state index contributed by atoms with van der Waals surface area (Å²) < 4.78 is 0. The topological polar surface area (TPSA) is 29.3 Å². The summed E-state index contributed by atoms with van der Waals surface area (Å²) in [6.45, 7) is 6.44. The van der Waals surface area contributed by atoms with Crippen LogP contribution in [0.2, 0.25) is 0 Å². The average Bonchev–Trinajstić information content (AvgIpc) is 2.34. The molecular formula is C15H22N2S. The van der Waals surface area contributed by atoms with Crippen molar-refractivity contribution in [2.75, 3.05) is 6.54 Å². The smallest absolute Gasteiger partial charge is 0.0902 e. The van der Waals surface area contributed by atoms with Crippen LogP contribution in [0.3, 0.4) is 0 Å². The lowest BCUT2D eigenvalue weighted by Gasteiger charge is -2.35. The van der Waals surface area contributed by atoms with Crippen LogP contribution < -0.4 is 5.73 Å². The maximum absolute atomic E-state index is 5.88. The van der Waals surface area contributed by atoms with Gasteiger partial charge in [-0.25, -0.2) is 0 Å². The van der Waals surface area contributed by atoms with Gasteiger partial charge < -0.3 is 5.73 Å². The van der Waals surface area contributed by atoms with E-state index < -0.39 is 0 Å². The van der Waals surface area contributed by atoms with Crippen molar-refractivity contribution in [2.45, 2.75) is 45.7 Å². The third-order valence-corrected chi connectivity index (χ3v) is 4.22. The maximum Gasteiger partial charge on any atom is 0.0902 e. The first kappa shape index (κ1) is 13.5. The van der Waals surface area contributed by atoms with Crippen LogP contribution in [-0.2, 0) is 6.54 Å². The number of aryl methyl sites for hydroxylation is 2. The Labute approximate surface area is 115 Å². The predicted octanol–water partition coefficient (Wildman–Crippen LogP) is 2.94. The van der Waals surface area contributed by atoms with Gasteiger partial charge in [0.1, 0.15) is 0 Å². The van der Waals surface area contributed by atoms with Crippen molar-refractivity contribution in [2.24, 2.45) is 5.73 Å². The molecule has 0 bridgehead atoms. The summed E-state index contributed by atoms with van der Waals surface area (Å²) in [6, 6.07) is 6.77. The van der Waals surface area contributed by atoms with Crippen LogP contribution >= 0.6 is 12.2 Å². The summed E-state index contributed by atoms with van der Waals surface area (Å²) in [5.74, 6) is 0. The summed E-state index contributed by atoms with van der Waals surface area (Å²) >= 11 is 5.21. The summed E-state index contributed by atoms with van der Waals surface area (Å²) in [4.78, 5) is 3.10. The summed E-state index contributed by atoms with van der Waals surface area (Å²) in [7, 11) is 0. The van der Waals surface area contributed by atoms with Crippen LogP contribution in [0.1, 0.15) is 36.0 Å². The minimum atomic E-state index is 0.285.